The van der Waals surface area contributed by atoms with Crippen molar-refractivity contribution < 1.29 is 9.13 Å². The van der Waals surface area contributed by atoms with Crippen molar-refractivity contribution in [3.05, 3.63) is 64.4 Å². The third-order valence-electron chi connectivity index (χ3n) is 3.08. The molecular weight excluding hydrogens is 277 g/mol. The minimum Gasteiger partial charge on any atom is -0.496 e. The minimum absolute atomic E-state index is 0.161. The van der Waals surface area contributed by atoms with Gasteiger partial charge in [0.05, 0.1) is 12.1 Å². The van der Waals surface area contributed by atoms with Crippen molar-refractivity contribution >= 4 is 11.6 Å². The number of ether oxygens (including phenoxy) is 1. The van der Waals surface area contributed by atoms with Crippen LogP contribution in [-0.4, -0.2) is 13.7 Å². The van der Waals surface area contributed by atoms with E-state index in [4.69, 9.17) is 16.3 Å². The van der Waals surface area contributed by atoms with Crippen LogP contribution in [-0.2, 0) is 13.0 Å². The fourth-order valence-electron chi connectivity index (χ4n) is 2.01. The summed E-state index contributed by atoms with van der Waals surface area (Å²) in [5, 5.41) is 3.47. The molecule has 0 aliphatic carbocycles. The normalized spacial score (nSPS) is 10.6. The van der Waals surface area contributed by atoms with E-state index in [2.05, 4.69) is 11.4 Å². The first kappa shape index (κ1) is 14.8. The molecule has 0 aliphatic rings. The average Bonchev–Trinajstić information content (AvgIpc) is 2.47. The third-order valence-corrected chi connectivity index (χ3v) is 3.37. The summed E-state index contributed by atoms with van der Waals surface area (Å²) in [6.07, 6.45) is 0.874. The van der Waals surface area contributed by atoms with E-state index in [1.54, 1.807) is 19.2 Å². The number of rotatable bonds is 6. The predicted octanol–water partition coefficient (Wildman–Crippen LogP) is 3.82. The zero-order chi connectivity index (χ0) is 14.4. The summed E-state index contributed by atoms with van der Waals surface area (Å²) in [6.45, 7) is 1.48. The van der Waals surface area contributed by atoms with Crippen LogP contribution in [0.5, 0.6) is 5.75 Å². The van der Waals surface area contributed by atoms with Gasteiger partial charge in [-0.25, -0.2) is 4.39 Å². The maximum Gasteiger partial charge on any atom is 0.141 e. The molecule has 0 amide bonds. The number of nitrogens with one attached hydrogen (secondary N) is 1. The van der Waals surface area contributed by atoms with Gasteiger partial charge in [0, 0.05) is 6.54 Å². The van der Waals surface area contributed by atoms with E-state index in [1.807, 2.05) is 18.2 Å². The van der Waals surface area contributed by atoms with Crippen LogP contribution >= 0.6 is 11.6 Å². The van der Waals surface area contributed by atoms with E-state index in [0.29, 0.717) is 6.54 Å². The Labute approximate surface area is 123 Å². The highest BCUT2D eigenvalue weighted by Crippen LogP contribution is 2.18. The summed E-state index contributed by atoms with van der Waals surface area (Å²) in [5.74, 6) is 0.517. The number of methoxy groups -OCH3 is 1. The van der Waals surface area contributed by atoms with Gasteiger partial charge in [0.1, 0.15) is 11.6 Å². The Kier molecular flexibility index (Phi) is 5.39. The molecule has 0 atom stereocenters. The lowest BCUT2D eigenvalue weighted by atomic mass is 10.1. The molecule has 2 nitrogen and oxygen atoms in total. The number of para-hydroxylation sites is 1. The van der Waals surface area contributed by atoms with Crippen molar-refractivity contribution in [1.82, 2.24) is 5.32 Å². The SMILES string of the molecule is COc1ccccc1CCNCc1ccc(F)c(Cl)c1. The Balaban J connectivity index is 1.83. The van der Waals surface area contributed by atoms with Gasteiger partial charge in [-0.1, -0.05) is 35.9 Å². The first-order chi connectivity index (χ1) is 9.70. The van der Waals surface area contributed by atoms with Crippen molar-refractivity contribution in [2.45, 2.75) is 13.0 Å². The number of hydrogen-bond donors (Lipinski definition) is 1. The monoisotopic (exact) mass is 293 g/mol. The molecule has 0 fully saturated rings. The van der Waals surface area contributed by atoms with Gasteiger partial charge in [0.15, 0.2) is 0 Å². The molecule has 20 heavy (non-hydrogen) atoms. The van der Waals surface area contributed by atoms with Crippen LogP contribution in [0.2, 0.25) is 5.02 Å². The van der Waals surface area contributed by atoms with Gasteiger partial charge in [-0.05, 0) is 42.3 Å². The Bertz CT molecular complexity index is 574. The van der Waals surface area contributed by atoms with Gasteiger partial charge in [-0.15, -0.1) is 0 Å². The van der Waals surface area contributed by atoms with Gasteiger partial charge in [-0.3, -0.25) is 0 Å². The summed E-state index contributed by atoms with van der Waals surface area (Å²) >= 11 is 5.74. The van der Waals surface area contributed by atoms with E-state index in [9.17, 15) is 4.39 Å². The second-order valence-electron chi connectivity index (χ2n) is 4.49. The molecule has 0 bridgehead atoms. The smallest absolute Gasteiger partial charge is 0.141 e. The maximum atomic E-state index is 13.0. The molecule has 2 rings (SSSR count). The van der Waals surface area contributed by atoms with Crippen LogP contribution in [0.4, 0.5) is 4.39 Å². The molecule has 2 aromatic carbocycles. The summed E-state index contributed by atoms with van der Waals surface area (Å²) in [4.78, 5) is 0. The average molecular weight is 294 g/mol. The summed E-state index contributed by atoms with van der Waals surface area (Å²) in [6, 6.07) is 12.7. The molecular formula is C16H17ClFNO. The highest BCUT2D eigenvalue weighted by Gasteiger charge is 2.02. The summed E-state index contributed by atoms with van der Waals surface area (Å²) < 4.78 is 18.3. The van der Waals surface area contributed by atoms with E-state index >= 15 is 0 Å². The standard InChI is InChI=1S/C16H17ClFNO/c1-20-16-5-3-2-4-13(16)8-9-19-11-12-6-7-15(18)14(17)10-12/h2-7,10,19H,8-9,11H2,1H3. The number of halogens is 2. The van der Waals surface area contributed by atoms with E-state index in [-0.39, 0.29) is 10.8 Å². The van der Waals surface area contributed by atoms with Crippen molar-refractivity contribution in [2.75, 3.05) is 13.7 Å². The second-order valence-corrected chi connectivity index (χ2v) is 4.89. The van der Waals surface area contributed by atoms with Crippen LogP contribution in [0.25, 0.3) is 0 Å². The molecule has 106 valence electrons. The van der Waals surface area contributed by atoms with Crippen molar-refractivity contribution in [3.63, 3.8) is 0 Å². The van der Waals surface area contributed by atoms with Gasteiger partial charge < -0.3 is 10.1 Å². The fourth-order valence-corrected chi connectivity index (χ4v) is 2.22. The van der Waals surface area contributed by atoms with Crippen molar-refractivity contribution in [2.24, 2.45) is 0 Å². The molecule has 0 spiro atoms. The van der Waals surface area contributed by atoms with Crippen LogP contribution in [0.3, 0.4) is 0 Å². The zero-order valence-corrected chi connectivity index (χ0v) is 12.1. The Morgan fingerprint density at radius 3 is 2.75 bits per heavy atom. The van der Waals surface area contributed by atoms with Gasteiger partial charge in [0.25, 0.3) is 0 Å². The predicted molar refractivity (Wildman–Crippen MR) is 79.8 cm³/mol. The second kappa shape index (κ2) is 7.27. The molecule has 0 aliphatic heterocycles. The molecule has 0 heterocycles. The van der Waals surface area contributed by atoms with Crippen molar-refractivity contribution in [3.8, 4) is 5.75 Å². The lowest BCUT2D eigenvalue weighted by molar-refractivity contribution is 0.409. The molecule has 0 unspecified atom stereocenters. The minimum atomic E-state index is -0.385. The van der Waals surface area contributed by atoms with Crippen LogP contribution in [0.15, 0.2) is 42.5 Å². The molecule has 1 N–H and O–H groups in total. The van der Waals surface area contributed by atoms with E-state index in [0.717, 1.165) is 24.3 Å². The molecule has 0 saturated carbocycles. The first-order valence-electron chi connectivity index (χ1n) is 6.47. The van der Waals surface area contributed by atoms with Gasteiger partial charge in [-0.2, -0.15) is 0 Å². The van der Waals surface area contributed by atoms with Crippen LogP contribution in [0, 0.1) is 5.82 Å². The molecule has 2 aromatic rings. The topological polar surface area (TPSA) is 21.3 Å². The van der Waals surface area contributed by atoms with Crippen molar-refractivity contribution in [1.29, 1.82) is 0 Å². The quantitative estimate of drug-likeness (QED) is 0.818. The molecule has 0 radical (unpaired) electrons. The van der Waals surface area contributed by atoms with Gasteiger partial charge in [0.2, 0.25) is 0 Å². The lowest BCUT2D eigenvalue weighted by Gasteiger charge is -2.09. The highest BCUT2D eigenvalue weighted by molar-refractivity contribution is 6.30. The Morgan fingerprint density at radius 2 is 2.00 bits per heavy atom. The summed E-state index contributed by atoms with van der Waals surface area (Å²) in [5.41, 5.74) is 2.14. The Morgan fingerprint density at radius 1 is 1.20 bits per heavy atom. The maximum absolute atomic E-state index is 13.0. The third kappa shape index (κ3) is 3.95. The van der Waals surface area contributed by atoms with E-state index in [1.165, 1.54) is 11.6 Å². The fraction of sp³-hybridized carbons (Fsp3) is 0.250. The highest BCUT2D eigenvalue weighted by atomic mass is 35.5. The van der Waals surface area contributed by atoms with Crippen LogP contribution < -0.4 is 10.1 Å². The van der Waals surface area contributed by atoms with Gasteiger partial charge >= 0.3 is 0 Å². The Hall–Kier alpha value is -1.58. The molecule has 0 aromatic heterocycles. The lowest BCUT2D eigenvalue weighted by Crippen LogP contribution is -2.17. The van der Waals surface area contributed by atoms with E-state index < -0.39 is 0 Å². The van der Waals surface area contributed by atoms with Crippen LogP contribution in [0.1, 0.15) is 11.1 Å². The largest absolute Gasteiger partial charge is 0.496 e. The number of hydrogen-bond acceptors (Lipinski definition) is 2. The number of benzene rings is 2. The molecule has 0 saturated heterocycles. The summed E-state index contributed by atoms with van der Waals surface area (Å²) in [7, 11) is 1.67. The molecule has 4 heteroatoms. The zero-order valence-electron chi connectivity index (χ0n) is 11.3. The first-order valence-corrected chi connectivity index (χ1v) is 6.85.